The number of thiazole rings is 1. The second kappa shape index (κ2) is 5.56. The van der Waals surface area contributed by atoms with Gasteiger partial charge in [0.1, 0.15) is 5.69 Å². The average molecular weight is 281 g/mol. The van der Waals surface area contributed by atoms with Crippen LogP contribution in [0.15, 0.2) is 5.38 Å². The molecule has 1 unspecified atom stereocenters. The Balaban J connectivity index is 1.62. The van der Waals surface area contributed by atoms with Gasteiger partial charge < -0.3 is 9.64 Å². The van der Waals surface area contributed by atoms with Crippen LogP contribution in [0.1, 0.15) is 23.8 Å². The fourth-order valence-electron chi connectivity index (χ4n) is 2.73. The van der Waals surface area contributed by atoms with Gasteiger partial charge in [-0.25, -0.2) is 4.98 Å². The van der Waals surface area contributed by atoms with Gasteiger partial charge in [-0.15, -0.1) is 11.3 Å². The van der Waals surface area contributed by atoms with Crippen molar-refractivity contribution < 1.29 is 9.53 Å². The molecule has 0 spiro atoms. The van der Waals surface area contributed by atoms with E-state index in [2.05, 4.69) is 14.8 Å². The van der Waals surface area contributed by atoms with Gasteiger partial charge in [-0.3, -0.25) is 9.69 Å². The molecule has 2 fully saturated rings. The third-order valence-corrected chi connectivity index (χ3v) is 4.75. The molecule has 0 bridgehead atoms. The molecule has 2 aliphatic heterocycles. The van der Waals surface area contributed by atoms with Gasteiger partial charge in [0.25, 0.3) is 0 Å². The second-order valence-electron chi connectivity index (χ2n) is 5.11. The number of carbonyl (C=O) groups is 1. The molecule has 0 amide bonds. The van der Waals surface area contributed by atoms with Gasteiger partial charge in [-0.05, 0) is 6.42 Å². The highest BCUT2D eigenvalue weighted by Crippen LogP contribution is 2.26. The van der Waals surface area contributed by atoms with Crippen LogP contribution in [0.3, 0.4) is 0 Å². The van der Waals surface area contributed by atoms with Gasteiger partial charge in [0.15, 0.2) is 10.9 Å². The molecule has 1 atom stereocenters. The lowest BCUT2D eigenvalue weighted by atomic mass is 10.2. The van der Waals surface area contributed by atoms with E-state index in [0.29, 0.717) is 11.7 Å². The number of morpholine rings is 1. The quantitative estimate of drug-likeness (QED) is 0.781. The topological polar surface area (TPSA) is 45.7 Å². The molecule has 0 saturated carbocycles. The van der Waals surface area contributed by atoms with Crippen LogP contribution < -0.4 is 4.90 Å². The van der Waals surface area contributed by atoms with Crippen molar-refractivity contribution in [2.24, 2.45) is 0 Å². The normalized spacial score (nSPS) is 24.9. The number of carbonyl (C=O) groups excluding carboxylic acids is 1. The SMILES string of the molecule is CC(=O)c1csc(N2CCC(N3CCOCC3)C2)n1. The zero-order valence-electron chi connectivity index (χ0n) is 11.2. The van der Waals surface area contributed by atoms with E-state index in [4.69, 9.17) is 4.74 Å². The van der Waals surface area contributed by atoms with Gasteiger partial charge in [-0.2, -0.15) is 0 Å². The van der Waals surface area contributed by atoms with E-state index in [1.165, 1.54) is 6.42 Å². The summed E-state index contributed by atoms with van der Waals surface area (Å²) in [4.78, 5) is 20.5. The Labute approximate surface area is 117 Å². The van der Waals surface area contributed by atoms with Crippen LogP contribution in [0.25, 0.3) is 0 Å². The molecule has 0 aromatic carbocycles. The number of ketones is 1. The van der Waals surface area contributed by atoms with Crippen LogP contribution in [-0.2, 0) is 4.74 Å². The minimum atomic E-state index is 0.0476. The molecule has 2 saturated heterocycles. The molecule has 6 heteroatoms. The lowest BCUT2D eigenvalue weighted by molar-refractivity contribution is 0.0209. The molecule has 3 rings (SSSR count). The Morgan fingerprint density at radius 1 is 1.42 bits per heavy atom. The summed E-state index contributed by atoms with van der Waals surface area (Å²) in [7, 11) is 0. The Bertz CT molecular complexity index is 456. The fourth-order valence-corrected chi connectivity index (χ4v) is 3.63. The predicted octanol–water partition coefficient (Wildman–Crippen LogP) is 1.26. The van der Waals surface area contributed by atoms with E-state index in [-0.39, 0.29) is 5.78 Å². The Hall–Kier alpha value is -0.980. The lowest BCUT2D eigenvalue weighted by Crippen LogP contribution is -2.44. The van der Waals surface area contributed by atoms with E-state index in [1.54, 1.807) is 18.3 Å². The highest BCUT2D eigenvalue weighted by atomic mass is 32.1. The Morgan fingerprint density at radius 3 is 2.89 bits per heavy atom. The number of ether oxygens (including phenoxy) is 1. The summed E-state index contributed by atoms with van der Waals surface area (Å²) in [6, 6.07) is 0.605. The van der Waals surface area contributed by atoms with E-state index >= 15 is 0 Å². The summed E-state index contributed by atoms with van der Waals surface area (Å²) in [5.41, 5.74) is 0.592. The molecule has 3 heterocycles. The minimum Gasteiger partial charge on any atom is -0.379 e. The third-order valence-electron chi connectivity index (χ3n) is 3.85. The maximum atomic E-state index is 11.3. The van der Waals surface area contributed by atoms with E-state index in [0.717, 1.165) is 44.5 Å². The van der Waals surface area contributed by atoms with Crippen molar-refractivity contribution in [3.05, 3.63) is 11.1 Å². The number of hydrogen-bond acceptors (Lipinski definition) is 6. The van der Waals surface area contributed by atoms with Gasteiger partial charge in [0, 0.05) is 44.5 Å². The van der Waals surface area contributed by atoms with Crippen LogP contribution in [-0.4, -0.2) is 61.1 Å². The van der Waals surface area contributed by atoms with E-state index in [9.17, 15) is 4.79 Å². The molecule has 19 heavy (non-hydrogen) atoms. The maximum Gasteiger partial charge on any atom is 0.186 e. The second-order valence-corrected chi connectivity index (χ2v) is 5.94. The molecular weight excluding hydrogens is 262 g/mol. The highest BCUT2D eigenvalue weighted by molar-refractivity contribution is 7.13. The van der Waals surface area contributed by atoms with Crippen molar-refractivity contribution in [3.8, 4) is 0 Å². The summed E-state index contributed by atoms with van der Waals surface area (Å²) in [6.45, 7) is 7.39. The molecule has 2 aliphatic rings. The van der Waals surface area contributed by atoms with E-state index in [1.807, 2.05) is 5.38 Å². The zero-order chi connectivity index (χ0) is 13.2. The zero-order valence-corrected chi connectivity index (χ0v) is 12.0. The predicted molar refractivity (Wildman–Crippen MR) is 75.1 cm³/mol. The summed E-state index contributed by atoms with van der Waals surface area (Å²) in [5, 5.41) is 2.85. The monoisotopic (exact) mass is 281 g/mol. The third kappa shape index (κ3) is 2.80. The highest BCUT2D eigenvalue weighted by Gasteiger charge is 2.30. The fraction of sp³-hybridized carbons (Fsp3) is 0.692. The van der Waals surface area contributed by atoms with Crippen molar-refractivity contribution in [2.45, 2.75) is 19.4 Å². The summed E-state index contributed by atoms with van der Waals surface area (Å²) in [5.74, 6) is 0.0476. The average Bonchev–Trinajstić information content (AvgIpc) is 3.09. The molecule has 0 N–H and O–H groups in total. The van der Waals surface area contributed by atoms with Crippen LogP contribution in [0.2, 0.25) is 0 Å². The van der Waals surface area contributed by atoms with Crippen LogP contribution in [0.5, 0.6) is 0 Å². The first-order valence-electron chi connectivity index (χ1n) is 6.77. The molecule has 0 radical (unpaired) electrons. The van der Waals surface area contributed by atoms with Crippen molar-refractivity contribution in [1.29, 1.82) is 0 Å². The molecule has 0 aliphatic carbocycles. The van der Waals surface area contributed by atoms with Crippen LogP contribution in [0.4, 0.5) is 5.13 Å². The van der Waals surface area contributed by atoms with Gasteiger partial charge in [0.2, 0.25) is 0 Å². The summed E-state index contributed by atoms with van der Waals surface area (Å²) < 4.78 is 5.40. The van der Waals surface area contributed by atoms with Crippen LogP contribution in [0, 0.1) is 0 Å². The standard InChI is InChI=1S/C13H19N3O2S/c1-10(17)12-9-19-13(14-12)16-3-2-11(8-16)15-4-6-18-7-5-15/h9,11H,2-8H2,1H3. The van der Waals surface area contributed by atoms with Crippen molar-refractivity contribution in [1.82, 2.24) is 9.88 Å². The Kier molecular flexibility index (Phi) is 3.81. The van der Waals surface area contributed by atoms with Crippen LogP contribution >= 0.6 is 11.3 Å². The Morgan fingerprint density at radius 2 is 2.21 bits per heavy atom. The van der Waals surface area contributed by atoms with Gasteiger partial charge >= 0.3 is 0 Å². The van der Waals surface area contributed by atoms with Crippen molar-refractivity contribution >= 4 is 22.3 Å². The first-order valence-corrected chi connectivity index (χ1v) is 7.65. The first-order chi connectivity index (χ1) is 9.24. The van der Waals surface area contributed by atoms with Gasteiger partial charge in [0.05, 0.1) is 13.2 Å². The lowest BCUT2D eigenvalue weighted by Gasteiger charge is -2.32. The van der Waals surface area contributed by atoms with E-state index < -0.39 is 0 Å². The molecule has 5 nitrogen and oxygen atoms in total. The van der Waals surface area contributed by atoms with Crippen molar-refractivity contribution in [3.63, 3.8) is 0 Å². The molecule has 1 aromatic rings. The number of nitrogens with zero attached hydrogens (tertiary/aromatic N) is 3. The summed E-state index contributed by atoms with van der Waals surface area (Å²) >= 11 is 1.57. The minimum absolute atomic E-state index is 0.0476. The number of Topliss-reactive ketones (excluding diaryl/α,β-unsaturated/α-hetero) is 1. The van der Waals surface area contributed by atoms with Crippen molar-refractivity contribution in [2.75, 3.05) is 44.3 Å². The smallest absolute Gasteiger partial charge is 0.186 e. The largest absolute Gasteiger partial charge is 0.379 e. The first kappa shape index (κ1) is 13.0. The number of rotatable bonds is 3. The van der Waals surface area contributed by atoms with Gasteiger partial charge in [-0.1, -0.05) is 0 Å². The number of hydrogen-bond donors (Lipinski definition) is 0. The number of anilines is 1. The molecular formula is C13H19N3O2S. The molecule has 1 aromatic heterocycles. The number of aromatic nitrogens is 1. The summed E-state index contributed by atoms with van der Waals surface area (Å²) in [6.07, 6.45) is 1.18. The molecule has 104 valence electrons. The maximum absolute atomic E-state index is 11.3.